The molecule has 6 nitrogen and oxygen atoms in total. The number of carbonyl (C=O) groups excluding carboxylic acids is 1. The minimum absolute atomic E-state index is 0.147. The van der Waals surface area contributed by atoms with Gasteiger partial charge in [-0.15, -0.1) is 0 Å². The maximum absolute atomic E-state index is 12.3. The summed E-state index contributed by atoms with van der Waals surface area (Å²) in [6.07, 6.45) is 1.95. The Bertz CT molecular complexity index is 499. The minimum Gasteiger partial charge on any atom is -0.383 e. The summed E-state index contributed by atoms with van der Waals surface area (Å²) in [5, 5.41) is 4.11. The van der Waals surface area contributed by atoms with Gasteiger partial charge in [0.05, 0.1) is 13.2 Å². The van der Waals surface area contributed by atoms with Gasteiger partial charge in [0.1, 0.15) is 5.69 Å². The predicted molar refractivity (Wildman–Crippen MR) is 76.8 cm³/mol. The summed E-state index contributed by atoms with van der Waals surface area (Å²) in [6.45, 7) is 4.80. The standard InChI is InChI=1S/C14H23N3O3/c1-5-6-11(2)16(3)14(19)12-7-8-13(18)17(15-12)9-10-20-4/h7-8,11H,5-6,9-10H2,1-4H3/t11-/m0/s1. The number of nitrogens with zero attached hydrogens (tertiary/aromatic N) is 3. The molecule has 0 bridgehead atoms. The van der Waals surface area contributed by atoms with Crippen LogP contribution in [0.15, 0.2) is 16.9 Å². The van der Waals surface area contributed by atoms with E-state index in [1.807, 2.05) is 6.92 Å². The van der Waals surface area contributed by atoms with E-state index < -0.39 is 0 Å². The van der Waals surface area contributed by atoms with Crippen LogP contribution in [0.1, 0.15) is 37.2 Å². The molecule has 0 unspecified atom stereocenters. The molecule has 112 valence electrons. The second-order valence-electron chi connectivity index (χ2n) is 4.83. The van der Waals surface area contributed by atoms with Crippen LogP contribution in [-0.2, 0) is 11.3 Å². The van der Waals surface area contributed by atoms with E-state index in [-0.39, 0.29) is 23.2 Å². The van der Waals surface area contributed by atoms with Gasteiger partial charge in [-0.05, 0) is 19.4 Å². The smallest absolute Gasteiger partial charge is 0.274 e. The molecule has 1 heterocycles. The molecule has 0 fully saturated rings. The fraction of sp³-hybridized carbons (Fsp3) is 0.643. The molecule has 1 aromatic heterocycles. The molecule has 0 radical (unpaired) electrons. The molecule has 0 aromatic carbocycles. The van der Waals surface area contributed by atoms with Gasteiger partial charge < -0.3 is 9.64 Å². The Morgan fingerprint density at radius 2 is 2.20 bits per heavy atom. The molecule has 0 aliphatic carbocycles. The van der Waals surface area contributed by atoms with Gasteiger partial charge in [0.25, 0.3) is 11.5 Å². The maximum Gasteiger partial charge on any atom is 0.274 e. The number of rotatable bonds is 7. The van der Waals surface area contributed by atoms with E-state index >= 15 is 0 Å². The monoisotopic (exact) mass is 281 g/mol. The lowest BCUT2D eigenvalue weighted by molar-refractivity contribution is 0.0727. The molecule has 0 aliphatic rings. The lowest BCUT2D eigenvalue weighted by Gasteiger charge is -2.24. The van der Waals surface area contributed by atoms with Crippen molar-refractivity contribution in [1.29, 1.82) is 0 Å². The quantitative estimate of drug-likeness (QED) is 0.752. The molecule has 1 rings (SSSR count). The van der Waals surface area contributed by atoms with Crippen molar-refractivity contribution in [2.24, 2.45) is 0 Å². The van der Waals surface area contributed by atoms with E-state index in [1.54, 1.807) is 19.1 Å². The zero-order valence-electron chi connectivity index (χ0n) is 12.6. The summed E-state index contributed by atoms with van der Waals surface area (Å²) in [5.74, 6) is -0.169. The normalized spacial score (nSPS) is 12.2. The van der Waals surface area contributed by atoms with Gasteiger partial charge in [0, 0.05) is 26.3 Å². The molecule has 0 N–H and O–H groups in total. The highest BCUT2D eigenvalue weighted by atomic mass is 16.5. The van der Waals surface area contributed by atoms with Crippen LogP contribution in [0.3, 0.4) is 0 Å². The highest BCUT2D eigenvalue weighted by molar-refractivity contribution is 5.92. The number of hydrogen-bond acceptors (Lipinski definition) is 4. The fourth-order valence-corrected chi connectivity index (χ4v) is 1.89. The average Bonchev–Trinajstić information content (AvgIpc) is 2.45. The van der Waals surface area contributed by atoms with Crippen molar-refractivity contribution in [3.63, 3.8) is 0 Å². The first-order chi connectivity index (χ1) is 9.51. The van der Waals surface area contributed by atoms with E-state index in [4.69, 9.17) is 4.74 Å². The first kappa shape index (κ1) is 16.4. The highest BCUT2D eigenvalue weighted by Crippen LogP contribution is 2.07. The molecule has 6 heteroatoms. The molecular weight excluding hydrogens is 258 g/mol. The fourth-order valence-electron chi connectivity index (χ4n) is 1.89. The Morgan fingerprint density at radius 3 is 2.80 bits per heavy atom. The molecule has 1 atom stereocenters. The van der Waals surface area contributed by atoms with Crippen molar-refractivity contribution in [2.75, 3.05) is 20.8 Å². The maximum atomic E-state index is 12.3. The summed E-state index contributed by atoms with van der Waals surface area (Å²) in [7, 11) is 3.31. The Hall–Kier alpha value is -1.69. The first-order valence-electron chi connectivity index (χ1n) is 6.85. The summed E-state index contributed by atoms with van der Waals surface area (Å²) < 4.78 is 6.18. The second-order valence-corrected chi connectivity index (χ2v) is 4.83. The molecule has 20 heavy (non-hydrogen) atoms. The number of ether oxygens (including phenoxy) is 1. The number of methoxy groups -OCH3 is 1. The topological polar surface area (TPSA) is 64.4 Å². The van der Waals surface area contributed by atoms with Gasteiger partial charge in [-0.25, -0.2) is 4.68 Å². The van der Waals surface area contributed by atoms with Crippen molar-refractivity contribution in [1.82, 2.24) is 14.7 Å². The Kier molecular flexibility index (Phi) is 6.38. The molecule has 0 aliphatic heterocycles. The molecule has 0 saturated heterocycles. The third-order valence-electron chi connectivity index (χ3n) is 3.28. The molecule has 0 saturated carbocycles. The van der Waals surface area contributed by atoms with Crippen molar-refractivity contribution in [3.05, 3.63) is 28.2 Å². The predicted octanol–water partition coefficient (Wildman–Crippen LogP) is 1.15. The van der Waals surface area contributed by atoms with Crippen LogP contribution in [0.4, 0.5) is 0 Å². The van der Waals surface area contributed by atoms with E-state index in [9.17, 15) is 9.59 Å². The Labute approximate surface area is 119 Å². The molecule has 1 aromatic rings. The van der Waals surface area contributed by atoms with Crippen LogP contribution < -0.4 is 5.56 Å². The molecule has 0 spiro atoms. The van der Waals surface area contributed by atoms with Crippen LogP contribution in [0.2, 0.25) is 0 Å². The third kappa shape index (κ3) is 4.16. The zero-order chi connectivity index (χ0) is 15.1. The molecular formula is C14H23N3O3. The Balaban J connectivity index is 2.90. The van der Waals surface area contributed by atoms with Gasteiger partial charge in [-0.3, -0.25) is 9.59 Å². The number of carbonyl (C=O) groups is 1. The van der Waals surface area contributed by atoms with Crippen LogP contribution in [0, 0.1) is 0 Å². The van der Waals surface area contributed by atoms with Crippen LogP contribution in [-0.4, -0.2) is 47.4 Å². The van der Waals surface area contributed by atoms with Crippen LogP contribution in [0.5, 0.6) is 0 Å². The van der Waals surface area contributed by atoms with E-state index in [2.05, 4.69) is 12.0 Å². The lowest BCUT2D eigenvalue weighted by atomic mass is 10.1. The third-order valence-corrected chi connectivity index (χ3v) is 3.28. The van der Waals surface area contributed by atoms with Crippen molar-refractivity contribution in [2.45, 2.75) is 39.3 Å². The summed E-state index contributed by atoms with van der Waals surface area (Å²) >= 11 is 0. The van der Waals surface area contributed by atoms with Crippen molar-refractivity contribution in [3.8, 4) is 0 Å². The van der Waals surface area contributed by atoms with Crippen LogP contribution in [0.25, 0.3) is 0 Å². The van der Waals surface area contributed by atoms with Gasteiger partial charge in [-0.1, -0.05) is 13.3 Å². The van der Waals surface area contributed by atoms with E-state index in [0.29, 0.717) is 13.2 Å². The average molecular weight is 281 g/mol. The van der Waals surface area contributed by atoms with Crippen molar-refractivity contribution >= 4 is 5.91 Å². The summed E-state index contributed by atoms with van der Waals surface area (Å²) in [6, 6.07) is 2.99. The van der Waals surface area contributed by atoms with Crippen molar-refractivity contribution < 1.29 is 9.53 Å². The van der Waals surface area contributed by atoms with Gasteiger partial charge in [0.2, 0.25) is 0 Å². The van der Waals surface area contributed by atoms with E-state index in [1.165, 1.54) is 16.8 Å². The summed E-state index contributed by atoms with van der Waals surface area (Å²) in [4.78, 5) is 25.6. The second kappa shape index (κ2) is 7.79. The zero-order valence-corrected chi connectivity index (χ0v) is 12.6. The van der Waals surface area contributed by atoms with Crippen LogP contribution >= 0.6 is 0 Å². The number of hydrogen-bond donors (Lipinski definition) is 0. The molecule has 1 amide bonds. The minimum atomic E-state index is -0.233. The Morgan fingerprint density at radius 1 is 1.50 bits per heavy atom. The van der Waals surface area contributed by atoms with Gasteiger partial charge >= 0.3 is 0 Å². The number of aromatic nitrogens is 2. The highest BCUT2D eigenvalue weighted by Gasteiger charge is 2.18. The number of amides is 1. The lowest BCUT2D eigenvalue weighted by Crippen LogP contribution is -2.37. The van der Waals surface area contributed by atoms with Gasteiger partial charge in [0.15, 0.2) is 0 Å². The first-order valence-corrected chi connectivity index (χ1v) is 6.85. The summed E-state index contributed by atoms with van der Waals surface area (Å²) in [5.41, 5.74) is 0.0500. The largest absolute Gasteiger partial charge is 0.383 e. The SMILES string of the molecule is CCC[C@H](C)N(C)C(=O)c1ccc(=O)n(CCOC)n1. The van der Waals surface area contributed by atoms with E-state index in [0.717, 1.165) is 12.8 Å². The van der Waals surface area contributed by atoms with Gasteiger partial charge in [-0.2, -0.15) is 5.10 Å².